The lowest BCUT2D eigenvalue weighted by Crippen LogP contribution is -2.37. The molecule has 6 nitrogen and oxygen atoms in total. The first-order valence-corrected chi connectivity index (χ1v) is 3.63. The molecule has 7 heteroatoms. The van der Waals surface area contributed by atoms with Crippen molar-refractivity contribution < 1.29 is 13.9 Å². The Bertz CT molecular complexity index is 461. The van der Waals surface area contributed by atoms with Gasteiger partial charge in [0, 0.05) is 13.1 Å². The highest BCUT2D eigenvalue weighted by atomic mass is 19.1. The van der Waals surface area contributed by atoms with E-state index in [0.29, 0.717) is 10.8 Å². The molecular formula is C7H7FN2O4. The third-order valence-corrected chi connectivity index (χ3v) is 1.41. The molecule has 1 N–H and O–H groups in total. The molecule has 1 aromatic heterocycles. The van der Waals surface area contributed by atoms with Crippen molar-refractivity contribution in [1.29, 1.82) is 0 Å². The first-order chi connectivity index (χ1) is 6.52. The summed E-state index contributed by atoms with van der Waals surface area (Å²) < 4.78 is 17.5. The molecule has 0 atom stereocenters. The molecule has 0 aliphatic heterocycles. The van der Waals surface area contributed by atoms with Crippen molar-refractivity contribution in [3.63, 3.8) is 0 Å². The summed E-state index contributed by atoms with van der Waals surface area (Å²) in [4.78, 5) is 34.3. The van der Waals surface area contributed by atoms with Gasteiger partial charge in [-0.05, 0) is 0 Å². The normalized spacial score (nSPS) is 9.86. The summed E-state index contributed by atoms with van der Waals surface area (Å²) >= 11 is 0. The van der Waals surface area contributed by atoms with E-state index in [0.717, 1.165) is 6.92 Å². The van der Waals surface area contributed by atoms with Crippen molar-refractivity contribution >= 4 is 5.97 Å². The standard InChI is InChI=1S/C7H7FN2O4/c1-4(11)14-3-10-6(12)5(8)2-9-7(10)13/h2H,3H2,1H3,(H,9,13). The molecule has 0 amide bonds. The smallest absolute Gasteiger partial charge is 0.331 e. The highest BCUT2D eigenvalue weighted by Crippen LogP contribution is 1.82. The Morgan fingerprint density at radius 1 is 1.64 bits per heavy atom. The molecule has 0 saturated carbocycles. The summed E-state index contributed by atoms with van der Waals surface area (Å²) in [5.41, 5.74) is -1.97. The van der Waals surface area contributed by atoms with Crippen molar-refractivity contribution in [3.8, 4) is 0 Å². The van der Waals surface area contributed by atoms with Gasteiger partial charge in [-0.1, -0.05) is 0 Å². The minimum Gasteiger partial charge on any atom is -0.444 e. The maximum atomic E-state index is 12.6. The fraction of sp³-hybridized carbons (Fsp3) is 0.286. The minimum atomic E-state index is -1.13. The van der Waals surface area contributed by atoms with E-state index >= 15 is 0 Å². The average Bonchev–Trinajstić information content (AvgIpc) is 2.11. The number of nitrogens with one attached hydrogen (secondary N) is 1. The van der Waals surface area contributed by atoms with Gasteiger partial charge in [-0.2, -0.15) is 4.39 Å². The van der Waals surface area contributed by atoms with E-state index in [1.54, 1.807) is 0 Å². The van der Waals surface area contributed by atoms with Gasteiger partial charge in [0.15, 0.2) is 6.73 Å². The molecule has 0 bridgehead atoms. The third-order valence-electron chi connectivity index (χ3n) is 1.41. The van der Waals surface area contributed by atoms with E-state index in [1.165, 1.54) is 0 Å². The van der Waals surface area contributed by atoms with Crippen LogP contribution in [-0.2, 0) is 16.3 Å². The van der Waals surface area contributed by atoms with E-state index in [9.17, 15) is 18.8 Å². The number of halogens is 1. The molecule has 0 unspecified atom stereocenters. The van der Waals surface area contributed by atoms with Crippen molar-refractivity contribution in [1.82, 2.24) is 9.55 Å². The number of aromatic nitrogens is 2. The molecule has 14 heavy (non-hydrogen) atoms. The number of aromatic amines is 1. The molecule has 0 aliphatic carbocycles. The third kappa shape index (κ3) is 2.06. The van der Waals surface area contributed by atoms with Crippen LogP contribution in [0.25, 0.3) is 0 Å². The molecule has 0 radical (unpaired) electrons. The van der Waals surface area contributed by atoms with E-state index in [1.807, 2.05) is 4.98 Å². The second-order valence-electron chi connectivity index (χ2n) is 2.44. The molecule has 0 aromatic carbocycles. The number of carbonyl (C=O) groups is 1. The SMILES string of the molecule is CC(=O)OCn1c(=O)[nH]cc(F)c1=O. The van der Waals surface area contributed by atoms with Gasteiger partial charge in [-0.3, -0.25) is 9.59 Å². The second kappa shape index (κ2) is 3.86. The van der Waals surface area contributed by atoms with Crippen LogP contribution in [0.5, 0.6) is 0 Å². The number of hydrogen-bond acceptors (Lipinski definition) is 4. The Morgan fingerprint density at radius 3 is 2.86 bits per heavy atom. The van der Waals surface area contributed by atoms with Gasteiger partial charge in [-0.25, -0.2) is 9.36 Å². The number of carbonyl (C=O) groups excluding carboxylic acids is 1. The fourth-order valence-corrected chi connectivity index (χ4v) is 0.759. The molecule has 76 valence electrons. The number of nitrogens with zero attached hydrogens (tertiary/aromatic N) is 1. The molecule has 1 rings (SSSR count). The van der Waals surface area contributed by atoms with Crippen molar-refractivity contribution in [2.24, 2.45) is 0 Å². The highest BCUT2D eigenvalue weighted by molar-refractivity contribution is 5.65. The maximum Gasteiger partial charge on any atom is 0.331 e. The van der Waals surface area contributed by atoms with Crippen LogP contribution in [0.4, 0.5) is 4.39 Å². The van der Waals surface area contributed by atoms with Gasteiger partial charge in [0.1, 0.15) is 0 Å². The van der Waals surface area contributed by atoms with E-state index in [4.69, 9.17) is 0 Å². The van der Waals surface area contributed by atoms with Crippen molar-refractivity contribution in [2.75, 3.05) is 0 Å². The van der Waals surface area contributed by atoms with Crippen LogP contribution in [0.15, 0.2) is 15.8 Å². The van der Waals surface area contributed by atoms with Crippen LogP contribution >= 0.6 is 0 Å². The summed E-state index contributed by atoms with van der Waals surface area (Å²) in [7, 11) is 0. The zero-order valence-electron chi connectivity index (χ0n) is 7.24. The minimum absolute atomic E-state index is 0.441. The first-order valence-electron chi connectivity index (χ1n) is 3.63. The number of ether oxygens (including phenoxy) is 1. The van der Waals surface area contributed by atoms with Crippen LogP contribution in [-0.4, -0.2) is 15.5 Å². The quantitative estimate of drug-likeness (QED) is 0.636. The van der Waals surface area contributed by atoms with Gasteiger partial charge >= 0.3 is 11.7 Å². The predicted octanol–water partition coefficient (Wildman–Crippen LogP) is -0.804. The van der Waals surface area contributed by atoms with Crippen LogP contribution in [0, 0.1) is 5.82 Å². The lowest BCUT2D eigenvalue weighted by atomic mass is 10.6. The van der Waals surface area contributed by atoms with Crippen LogP contribution in [0.1, 0.15) is 6.92 Å². The predicted molar refractivity (Wildman–Crippen MR) is 43.0 cm³/mol. The highest BCUT2D eigenvalue weighted by Gasteiger charge is 2.06. The van der Waals surface area contributed by atoms with Crippen LogP contribution < -0.4 is 11.2 Å². The number of hydrogen-bond donors (Lipinski definition) is 1. The van der Waals surface area contributed by atoms with Gasteiger partial charge in [0.2, 0.25) is 5.82 Å². The molecule has 1 aromatic rings. The average molecular weight is 202 g/mol. The Labute approximate surface area is 76.9 Å². The van der Waals surface area contributed by atoms with E-state index < -0.39 is 29.8 Å². The summed E-state index contributed by atoms with van der Waals surface area (Å²) in [6.07, 6.45) is 0.648. The molecule has 1 heterocycles. The molecule has 0 fully saturated rings. The summed E-state index contributed by atoms with van der Waals surface area (Å²) in [6, 6.07) is 0. The van der Waals surface area contributed by atoms with Gasteiger partial charge < -0.3 is 9.72 Å². The monoisotopic (exact) mass is 202 g/mol. The Hall–Kier alpha value is -1.92. The maximum absolute atomic E-state index is 12.6. The van der Waals surface area contributed by atoms with Crippen molar-refractivity contribution in [2.45, 2.75) is 13.7 Å². The van der Waals surface area contributed by atoms with Gasteiger partial charge in [0.05, 0.1) is 0 Å². The lowest BCUT2D eigenvalue weighted by Gasteiger charge is -2.03. The van der Waals surface area contributed by atoms with Crippen LogP contribution in [0.3, 0.4) is 0 Å². The number of rotatable bonds is 2. The molecule has 0 spiro atoms. The summed E-state index contributed by atoms with van der Waals surface area (Å²) in [5, 5.41) is 0. The van der Waals surface area contributed by atoms with Gasteiger partial charge in [0.25, 0.3) is 5.56 Å². The topological polar surface area (TPSA) is 81.2 Å². The first kappa shape index (κ1) is 10.2. The van der Waals surface area contributed by atoms with E-state index in [2.05, 4.69) is 4.74 Å². The van der Waals surface area contributed by atoms with Crippen LogP contribution in [0.2, 0.25) is 0 Å². The number of esters is 1. The Balaban J connectivity index is 3.08. The fourth-order valence-electron chi connectivity index (χ4n) is 0.759. The molecule has 0 saturated heterocycles. The van der Waals surface area contributed by atoms with E-state index in [-0.39, 0.29) is 0 Å². The largest absolute Gasteiger partial charge is 0.444 e. The second-order valence-corrected chi connectivity index (χ2v) is 2.44. The molecular weight excluding hydrogens is 195 g/mol. The Morgan fingerprint density at radius 2 is 2.29 bits per heavy atom. The Kier molecular flexibility index (Phi) is 2.80. The van der Waals surface area contributed by atoms with Gasteiger partial charge in [-0.15, -0.1) is 0 Å². The molecule has 0 aliphatic rings. The zero-order valence-corrected chi connectivity index (χ0v) is 7.24. The van der Waals surface area contributed by atoms with Crippen molar-refractivity contribution in [3.05, 3.63) is 32.9 Å². The summed E-state index contributed by atoms with van der Waals surface area (Å²) in [6.45, 7) is 0.514. The number of H-pyrrole nitrogens is 1. The summed E-state index contributed by atoms with van der Waals surface area (Å²) in [5.74, 6) is -1.78. The lowest BCUT2D eigenvalue weighted by molar-refractivity contribution is -0.144. The zero-order chi connectivity index (χ0) is 10.7.